The highest BCUT2D eigenvalue weighted by atomic mass is 16.5. The summed E-state index contributed by atoms with van der Waals surface area (Å²) >= 11 is 0. The summed E-state index contributed by atoms with van der Waals surface area (Å²) in [7, 11) is 4.66. The first-order valence-electron chi connectivity index (χ1n) is 8.65. The lowest BCUT2D eigenvalue weighted by Gasteiger charge is -2.13. The van der Waals surface area contributed by atoms with Crippen LogP contribution in [0, 0.1) is 0 Å². The van der Waals surface area contributed by atoms with Crippen LogP contribution < -0.4 is 20.5 Å². The molecule has 0 saturated carbocycles. The van der Waals surface area contributed by atoms with Crippen LogP contribution in [0.15, 0.2) is 41.3 Å². The molecule has 1 amide bonds. The van der Waals surface area contributed by atoms with E-state index in [1.807, 2.05) is 12.1 Å². The van der Waals surface area contributed by atoms with E-state index in [-0.39, 0.29) is 18.1 Å². The molecule has 1 N–H and O–H groups in total. The SMILES string of the molecule is COCCn1nc2ccc(C(=O)NCc3cccc(OC)c3OC)cn2c1=O. The molecule has 0 atom stereocenters. The summed E-state index contributed by atoms with van der Waals surface area (Å²) in [5.74, 6) is 0.838. The lowest BCUT2D eigenvalue weighted by atomic mass is 10.1. The fourth-order valence-corrected chi connectivity index (χ4v) is 2.85. The van der Waals surface area contributed by atoms with Crippen LogP contribution in [-0.2, 0) is 17.8 Å². The quantitative estimate of drug-likeness (QED) is 0.623. The van der Waals surface area contributed by atoms with Gasteiger partial charge in [0.1, 0.15) is 0 Å². The standard InChI is InChI=1S/C19H22N4O5/c1-26-10-9-23-19(25)22-12-14(7-8-16(22)21-23)18(24)20-11-13-5-4-6-15(27-2)17(13)28-3/h4-8,12H,9-11H2,1-3H3,(H,20,24). The summed E-state index contributed by atoms with van der Waals surface area (Å²) in [5.41, 5.74) is 1.27. The summed E-state index contributed by atoms with van der Waals surface area (Å²) < 4.78 is 18.3. The first kappa shape index (κ1) is 19.4. The minimum Gasteiger partial charge on any atom is -0.493 e. The van der Waals surface area contributed by atoms with Crippen molar-refractivity contribution < 1.29 is 19.0 Å². The summed E-state index contributed by atoms with van der Waals surface area (Å²) in [6, 6.07) is 8.70. The van der Waals surface area contributed by atoms with Gasteiger partial charge in [-0.3, -0.25) is 4.79 Å². The van der Waals surface area contributed by atoms with Crippen LogP contribution in [-0.4, -0.2) is 48.0 Å². The second-order valence-electron chi connectivity index (χ2n) is 5.98. The van der Waals surface area contributed by atoms with Crippen LogP contribution in [0.1, 0.15) is 15.9 Å². The molecule has 0 saturated heterocycles. The third-order valence-electron chi connectivity index (χ3n) is 4.27. The van der Waals surface area contributed by atoms with E-state index in [0.717, 1.165) is 5.56 Å². The van der Waals surface area contributed by atoms with Crippen LogP contribution in [0.2, 0.25) is 0 Å². The minimum atomic E-state index is -0.323. The number of nitrogens with zero attached hydrogens (tertiary/aromatic N) is 3. The Hall–Kier alpha value is -3.33. The Morgan fingerprint density at radius 3 is 2.68 bits per heavy atom. The molecule has 0 spiro atoms. The van der Waals surface area contributed by atoms with Gasteiger partial charge in [-0.15, -0.1) is 5.10 Å². The normalized spacial score (nSPS) is 10.8. The fourth-order valence-electron chi connectivity index (χ4n) is 2.85. The molecule has 2 aromatic heterocycles. The maximum Gasteiger partial charge on any atom is 0.350 e. The predicted octanol–water partition coefficient (Wildman–Crippen LogP) is 1.09. The number of carbonyl (C=O) groups excluding carboxylic acids is 1. The molecule has 0 fully saturated rings. The first-order chi connectivity index (χ1) is 13.6. The number of nitrogens with one attached hydrogen (secondary N) is 1. The van der Waals surface area contributed by atoms with Crippen molar-refractivity contribution in [2.24, 2.45) is 0 Å². The zero-order chi connectivity index (χ0) is 20.1. The number of carbonyl (C=O) groups is 1. The van der Waals surface area contributed by atoms with Gasteiger partial charge in [-0.25, -0.2) is 13.9 Å². The topological polar surface area (TPSA) is 96.1 Å². The highest BCUT2D eigenvalue weighted by Gasteiger charge is 2.13. The summed E-state index contributed by atoms with van der Waals surface area (Å²) in [4.78, 5) is 24.9. The average Bonchev–Trinajstić information content (AvgIpc) is 3.04. The fraction of sp³-hybridized carbons (Fsp3) is 0.316. The van der Waals surface area contributed by atoms with Gasteiger partial charge in [0.05, 0.1) is 32.9 Å². The lowest BCUT2D eigenvalue weighted by Crippen LogP contribution is -2.25. The second kappa shape index (κ2) is 8.57. The second-order valence-corrected chi connectivity index (χ2v) is 5.98. The van der Waals surface area contributed by atoms with Crippen molar-refractivity contribution in [3.05, 3.63) is 58.1 Å². The molecule has 0 aliphatic heterocycles. The van der Waals surface area contributed by atoms with E-state index in [1.165, 1.54) is 15.3 Å². The molecule has 3 aromatic rings. The van der Waals surface area contributed by atoms with E-state index in [9.17, 15) is 9.59 Å². The van der Waals surface area contributed by atoms with Gasteiger partial charge >= 0.3 is 5.69 Å². The number of pyridine rings is 1. The van der Waals surface area contributed by atoms with Gasteiger partial charge in [0.15, 0.2) is 17.1 Å². The van der Waals surface area contributed by atoms with Crippen molar-refractivity contribution in [2.45, 2.75) is 13.1 Å². The Morgan fingerprint density at radius 1 is 1.14 bits per heavy atom. The maximum atomic E-state index is 12.6. The minimum absolute atomic E-state index is 0.249. The molecule has 0 aliphatic carbocycles. The molecule has 9 nitrogen and oxygen atoms in total. The van der Waals surface area contributed by atoms with E-state index in [2.05, 4.69) is 10.4 Å². The Bertz CT molecular complexity index is 1040. The van der Waals surface area contributed by atoms with Crippen molar-refractivity contribution >= 4 is 11.6 Å². The van der Waals surface area contributed by atoms with E-state index < -0.39 is 0 Å². The Labute approximate surface area is 161 Å². The van der Waals surface area contributed by atoms with Crippen LogP contribution in [0.4, 0.5) is 0 Å². The smallest absolute Gasteiger partial charge is 0.350 e. The largest absolute Gasteiger partial charge is 0.493 e. The predicted molar refractivity (Wildman–Crippen MR) is 102 cm³/mol. The van der Waals surface area contributed by atoms with Crippen LogP contribution in [0.25, 0.3) is 5.65 Å². The summed E-state index contributed by atoms with van der Waals surface area (Å²) in [6.45, 7) is 0.965. The molecule has 148 valence electrons. The number of methoxy groups -OCH3 is 3. The van der Waals surface area contributed by atoms with Crippen LogP contribution in [0.3, 0.4) is 0 Å². The van der Waals surface area contributed by atoms with Crippen molar-refractivity contribution in [1.29, 1.82) is 0 Å². The molecule has 0 bridgehead atoms. The summed E-state index contributed by atoms with van der Waals surface area (Å²) in [5, 5.41) is 7.04. The van der Waals surface area contributed by atoms with Crippen LogP contribution >= 0.6 is 0 Å². The molecule has 3 rings (SSSR count). The number of fused-ring (bicyclic) bond motifs is 1. The highest BCUT2D eigenvalue weighted by Crippen LogP contribution is 2.30. The van der Waals surface area contributed by atoms with Crippen LogP contribution in [0.5, 0.6) is 11.5 Å². The molecule has 0 unspecified atom stereocenters. The van der Waals surface area contributed by atoms with Gasteiger partial charge in [-0.2, -0.15) is 0 Å². The van der Waals surface area contributed by atoms with Crippen molar-refractivity contribution in [3.8, 4) is 11.5 Å². The first-order valence-corrected chi connectivity index (χ1v) is 8.65. The number of amides is 1. The number of hydrogen-bond acceptors (Lipinski definition) is 6. The molecule has 1 aromatic carbocycles. The number of benzene rings is 1. The Balaban J connectivity index is 1.79. The van der Waals surface area contributed by atoms with Crippen molar-refractivity contribution in [1.82, 2.24) is 19.5 Å². The summed E-state index contributed by atoms with van der Waals surface area (Å²) in [6.07, 6.45) is 1.48. The van der Waals surface area contributed by atoms with Crippen molar-refractivity contribution in [2.75, 3.05) is 27.9 Å². The van der Waals surface area contributed by atoms with Gasteiger partial charge in [0.25, 0.3) is 5.91 Å². The number of para-hydroxylation sites is 1. The monoisotopic (exact) mass is 386 g/mol. The van der Waals surface area contributed by atoms with E-state index >= 15 is 0 Å². The van der Waals surface area contributed by atoms with E-state index in [0.29, 0.717) is 35.9 Å². The molecular weight excluding hydrogens is 364 g/mol. The Kier molecular flexibility index (Phi) is 5.95. The number of rotatable bonds is 8. The van der Waals surface area contributed by atoms with Crippen molar-refractivity contribution in [3.63, 3.8) is 0 Å². The van der Waals surface area contributed by atoms with E-state index in [1.54, 1.807) is 39.5 Å². The average molecular weight is 386 g/mol. The third kappa shape index (κ3) is 3.84. The maximum absolute atomic E-state index is 12.6. The van der Waals surface area contributed by atoms with Gasteiger partial charge in [0.2, 0.25) is 0 Å². The molecule has 0 radical (unpaired) electrons. The zero-order valence-corrected chi connectivity index (χ0v) is 16.0. The van der Waals surface area contributed by atoms with Gasteiger partial charge in [-0.05, 0) is 18.2 Å². The zero-order valence-electron chi connectivity index (χ0n) is 16.0. The van der Waals surface area contributed by atoms with Gasteiger partial charge in [-0.1, -0.05) is 12.1 Å². The molecular formula is C19H22N4O5. The molecule has 9 heteroatoms. The number of aromatic nitrogens is 3. The lowest BCUT2D eigenvalue weighted by molar-refractivity contribution is 0.0950. The van der Waals surface area contributed by atoms with Gasteiger partial charge < -0.3 is 19.5 Å². The molecule has 0 aliphatic rings. The number of hydrogen-bond donors (Lipinski definition) is 1. The third-order valence-corrected chi connectivity index (χ3v) is 4.27. The molecule has 28 heavy (non-hydrogen) atoms. The number of ether oxygens (including phenoxy) is 3. The van der Waals surface area contributed by atoms with Gasteiger partial charge in [0, 0.05) is 25.4 Å². The van der Waals surface area contributed by atoms with E-state index in [4.69, 9.17) is 14.2 Å². The highest BCUT2D eigenvalue weighted by molar-refractivity contribution is 5.94. The Morgan fingerprint density at radius 2 is 1.96 bits per heavy atom. The molecule has 2 heterocycles.